The van der Waals surface area contributed by atoms with Crippen molar-refractivity contribution in [3.05, 3.63) is 12.2 Å². The Morgan fingerprint density at radius 3 is 2.39 bits per heavy atom. The molecule has 3 aliphatic rings. The minimum absolute atomic E-state index is 0.815. The Morgan fingerprint density at radius 1 is 1.11 bits per heavy atom. The van der Waals surface area contributed by atoms with Crippen LogP contribution in [0.2, 0.25) is 0 Å². The van der Waals surface area contributed by atoms with Crippen LogP contribution in [0.25, 0.3) is 0 Å². The van der Waals surface area contributed by atoms with Gasteiger partial charge in [0, 0.05) is 0 Å². The molecule has 3 fully saturated rings. The SMILES string of the molecule is C=C(C(=O)OCC(=O)OC1C2OC(=O)C3C2OC1C3C(=O)OCF)C(F)(F)F. The van der Waals surface area contributed by atoms with Crippen molar-refractivity contribution >= 4 is 23.9 Å². The van der Waals surface area contributed by atoms with Gasteiger partial charge in [-0.1, -0.05) is 6.58 Å². The van der Waals surface area contributed by atoms with E-state index in [1.54, 1.807) is 0 Å². The van der Waals surface area contributed by atoms with E-state index in [9.17, 15) is 36.7 Å². The summed E-state index contributed by atoms with van der Waals surface area (Å²) in [5.74, 6) is -7.38. The molecule has 0 aromatic carbocycles. The number of carbonyl (C=O) groups is 4. The van der Waals surface area contributed by atoms with Crippen molar-refractivity contribution in [1.29, 1.82) is 0 Å². The van der Waals surface area contributed by atoms with Crippen molar-refractivity contribution in [2.75, 3.05) is 13.5 Å². The molecule has 0 aliphatic carbocycles. The van der Waals surface area contributed by atoms with Gasteiger partial charge in [0.2, 0.25) is 6.86 Å². The van der Waals surface area contributed by atoms with E-state index < -0.39 is 85.3 Å². The summed E-state index contributed by atoms with van der Waals surface area (Å²) < 4.78 is 73.1. The second kappa shape index (κ2) is 7.04. The number of fused-ring (bicyclic) bond motifs is 1. The number of alkyl halides is 4. The standard InChI is InChI=1S/C15H12F4O9/c1-4(15(17,18)19)12(21)24-2-5(20)26-10-8-6(13(22)25-3-16)7-9(27-8)11(10)28-14(7)23/h6-11H,1-3H2. The molecule has 0 N–H and O–H groups in total. The third-order valence-electron chi connectivity index (χ3n) is 4.55. The molecule has 13 heteroatoms. The Bertz CT molecular complexity index is 734. The van der Waals surface area contributed by atoms with E-state index in [2.05, 4.69) is 16.1 Å². The van der Waals surface area contributed by atoms with Crippen molar-refractivity contribution in [3.8, 4) is 0 Å². The van der Waals surface area contributed by atoms with Crippen molar-refractivity contribution in [2.45, 2.75) is 30.6 Å². The summed E-state index contributed by atoms with van der Waals surface area (Å²) in [5, 5.41) is 0. The van der Waals surface area contributed by atoms with Crippen molar-refractivity contribution in [2.24, 2.45) is 11.8 Å². The summed E-state index contributed by atoms with van der Waals surface area (Å²) in [4.78, 5) is 46.8. The molecule has 28 heavy (non-hydrogen) atoms. The maximum atomic E-state index is 12.3. The summed E-state index contributed by atoms with van der Waals surface area (Å²) in [7, 11) is 0. The molecule has 0 aromatic rings. The Hall–Kier alpha value is -2.70. The van der Waals surface area contributed by atoms with Gasteiger partial charge in [0.15, 0.2) is 18.8 Å². The maximum absolute atomic E-state index is 12.3. The normalized spacial score (nSPS) is 32.6. The molecule has 3 saturated heterocycles. The van der Waals surface area contributed by atoms with Crippen molar-refractivity contribution in [1.82, 2.24) is 0 Å². The first-order valence-electron chi connectivity index (χ1n) is 7.77. The molecule has 0 radical (unpaired) electrons. The van der Waals surface area contributed by atoms with Crippen LogP contribution in [0.15, 0.2) is 12.2 Å². The van der Waals surface area contributed by atoms with Crippen LogP contribution in [0.1, 0.15) is 0 Å². The van der Waals surface area contributed by atoms with Crippen LogP contribution in [0.5, 0.6) is 0 Å². The van der Waals surface area contributed by atoms with E-state index in [1.807, 2.05) is 0 Å². The lowest BCUT2D eigenvalue weighted by Crippen LogP contribution is -2.48. The Balaban J connectivity index is 1.62. The molecule has 3 heterocycles. The fourth-order valence-electron chi connectivity index (χ4n) is 3.40. The second-order valence-corrected chi connectivity index (χ2v) is 6.10. The predicted molar refractivity (Wildman–Crippen MR) is 73.6 cm³/mol. The Kier molecular flexibility index (Phi) is 5.04. The van der Waals surface area contributed by atoms with Gasteiger partial charge >= 0.3 is 30.1 Å². The van der Waals surface area contributed by atoms with E-state index in [1.165, 1.54) is 0 Å². The number of hydrogen-bond donors (Lipinski definition) is 0. The Morgan fingerprint density at radius 2 is 1.79 bits per heavy atom. The van der Waals surface area contributed by atoms with E-state index >= 15 is 0 Å². The van der Waals surface area contributed by atoms with Gasteiger partial charge in [0.1, 0.15) is 29.6 Å². The maximum Gasteiger partial charge on any atom is 0.422 e. The first-order chi connectivity index (χ1) is 13.1. The van der Waals surface area contributed by atoms with Gasteiger partial charge in [-0.15, -0.1) is 0 Å². The van der Waals surface area contributed by atoms with Crippen LogP contribution in [0.3, 0.4) is 0 Å². The zero-order chi connectivity index (χ0) is 20.8. The number of ether oxygens (including phenoxy) is 5. The summed E-state index contributed by atoms with van der Waals surface area (Å²) in [6.07, 6.45) is -9.50. The van der Waals surface area contributed by atoms with E-state index in [4.69, 9.17) is 14.2 Å². The largest absolute Gasteiger partial charge is 0.455 e. The van der Waals surface area contributed by atoms with Gasteiger partial charge in [0.05, 0.1) is 0 Å². The zero-order valence-corrected chi connectivity index (χ0v) is 13.8. The molecule has 0 spiro atoms. The highest BCUT2D eigenvalue weighted by molar-refractivity contribution is 5.90. The van der Waals surface area contributed by atoms with Crippen LogP contribution in [-0.4, -0.2) is 67.9 Å². The van der Waals surface area contributed by atoms with Crippen LogP contribution in [-0.2, 0) is 42.9 Å². The molecule has 9 nitrogen and oxygen atoms in total. The first-order valence-corrected chi connectivity index (χ1v) is 7.77. The molecule has 0 saturated carbocycles. The number of esters is 4. The summed E-state index contributed by atoms with van der Waals surface area (Å²) in [6, 6.07) is 0. The van der Waals surface area contributed by atoms with Gasteiger partial charge in [-0.25, -0.2) is 14.0 Å². The van der Waals surface area contributed by atoms with E-state index in [0.29, 0.717) is 0 Å². The second-order valence-electron chi connectivity index (χ2n) is 6.10. The number of hydrogen-bond acceptors (Lipinski definition) is 9. The monoisotopic (exact) mass is 412 g/mol. The van der Waals surface area contributed by atoms with Gasteiger partial charge in [-0.2, -0.15) is 13.2 Å². The highest BCUT2D eigenvalue weighted by Crippen LogP contribution is 2.51. The fraction of sp³-hybridized carbons (Fsp3) is 0.600. The van der Waals surface area contributed by atoms with Gasteiger partial charge in [-0.05, 0) is 0 Å². The molecule has 6 atom stereocenters. The molecular formula is C15H12F4O9. The van der Waals surface area contributed by atoms with Gasteiger partial charge < -0.3 is 23.7 Å². The zero-order valence-electron chi connectivity index (χ0n) is 13.8. The summed E-state index contributed by atoms with van der Waals surface area (Å²) in [6.45, 7) is -0.119. The third-order valence-corrected chi connectivity index (χ3v) is 4.55. The quantitative estimate of drug-likeness (QED) is 0.257. The Labute approximate surface area is 153 Å². The highest BCUT2D eigenvalue weighted by Gasteiger charge is 2.72. The first kappa shape index (κ1) is 20.0. The molecular weight excluding hydrogens is 400 g/mol. The topological polar surface area (TPSA) is 114 Å². The number of halogens is 4. The smallest absolute Gasteiger partial charge is 0.422 e. The van der Waals surface area contributed by atoms with Crippen LogP contribution in [0.4, 0.5) is 17.6 Å². The minimum Gasteiger partial charge on any atom is -0.455 e. The van der Waals surface area contributed by atoms with E-state index in [0.717, 1.165) is 0 Å². The minimum atomic E-state index is -5.03. The average Bonchev–Trinajstić information content (AvgIpc) is 3.22. The average molecular weight is 412 g/mol. The molecule has 3 aliphatic heterocycles. The molecule has 2 bridgehead atoms. The van der Waals surface area contributed by atoms with E-state index in [-0.39, 0.29) is 0 Å². The molecule has 3 rings (SSSR count). The summed E-state index contributed by atoms with van der Waals surface area (Å²) >= 11 is 0. The lowest BCUT2D eigenvalue weighted by Gasteiger charge is -2.26. The van der Waals surface area contributed by atoms with Crippen LogP contribution in [0, 0.1) is 11.8 Å². The van der Waals surface area contributed by atoms with Crippen LogP contribution < -0.4 is 0 Å². The molecule has 154 valence electrons. The highest BCUT2D eigenvalue weighted by atomic mass is 19.4. The molecule has 6 unspecified atom stereocenters. The number of carbonyl (C=O) groups excluding carboxylic acids is 4. The fourth-order valence-corrected chi connectivity index (χ4v) is 3.40. The lowest BCUT2D eigenvalue weighted by molar-refractivity contribution is -0.172. The number of rotatable bonds is 6. The van der Waals surface area contributed by atoms with Crippen molar-refractivity contribution < 1.29 is 60.4 Å². The van der Waals surface area contributed by atoms with Crippen LogP contribution >= 0.6 is 0 Å². The molecule has 0 amide bonds. The van der Waals surface area contributed by atoms with Gasteiger partial charge in [-0.3, -0.25) is 9.59 Å². The third kappa shape index (κ3) is 3.30. The van der Waals surface area contributed by atoms with Crippen molar-refractivity contribution in [3.63, 3.8) is 0 Å². The van der Waals surface area contributed by atoms with Gasteiger partial charge in [0.25, 0.3) is 0 Å². The summed E-state index contributed by atoms with van der Waals surface area (Å²) in [5.41, 5.74) is -1.81. The molecule has 0 aromatic heterocycles. The predicted octanol–water partition coefficient (Wildman–Crippen LogP) is -0.0311. The lowest BCUT2D eigenvalue weighted by atomic mass is 9.78.